The fraction of sp³-hybridized carbons (Fsp3) is 0.286. The van der Waals surface area contributed by atoms with Crippen LogP contribution in [0, 0.1) is 0 Å². The first-order valence-corrected chi connectivity index (χ1v) is 5.05. The van der Waals surface area contributed by atoms with Crippen molar-refractivity contribution in [3.8, 4) is 5.75 Å². The molecule has 15 heavy (non-hydrogen) atoms. The van der Waals surface area contributed by atoms with Gasteiger partial charge in [-0.05, 0) is 32.4 Å². The number of benzene rings is 1. The molecule has 0 N–H and O–H groups in total. The Bertz CT molecular complexity index is 369. The van der Waals surface area contributed by atoms with Crippen LogP contribution < -0.4 is 4.74 Å². The highest BCUT2D eigenvalue weighted by molar-refractivity contribution is 5.68. The summed E-state index contributed by atoms with van der Waals surface area (Å²) >= 11 is 0. The van der Waals surface area contributed by atoms with Crippen molar-refractivity contribution >= 4 is 12.2 Å². The second-order valence-electron chi connectivity index (χ2n) is 4.38. The zero-order valence-corrected chi connectivity index (χ0v) is 9.71. The van der Waals surface area contributed by atoms with Gasteiger partial charge in [-0.1, -0.05) is 37.4 Å². The third kappa shape index (κ3) is 2.98. The summed E-state index contributed by atoms with van der Waals surface area (Å²) in [6, 6.07) is 5.92. The molecule has 0 saturated carbocycles. The van der Waals surface area contributed by atoms with Gasteiger partial charge in [0.1, 0.15) is 11.4 Å². The van der Waals surface area contributed by atoms with E-state index in [0.717, 1.165) is 16.9 Å². The van der Waals surface area contributed by atoms with Crippen molar-refractivity contribution in [3.63, 3.8) is 0 Å². The lowest BCUT2D eigenvalue weighted by molar-refractivity contribution is 0.130. The van der Waals surface area contributed by atoms with Crippen molar-refractivity contribution in [1.29, 1.82) is 0 Å². The van der Waals surface area contributed by atoms with Gasteiger partial charge in [0.2, 0.25) is 0 Å². The largest absolute Gasteiger partial charge is 0.488 e. The molecule has 1 aromatic rings. The molecule has 0 aliphatic rings. The van der Waals surface area contributed by atoms with Crippen LogP contribution in [0.2, 0.25) is 0 Å². The zero-order chi connectivity index (χ0) is 11.5. The summed E-state index contributed by atoms with van der Waals surface area (Å²) in [5, 5.41) is 0. The Labute approximate surface area is 92.1 Å². The third-order valence-corrected chi connectivity index (χ3v) is 1.94. The Hall–Kier alpha value is -1.50. The molecule has 1 nitrogen and oxygen atoms in total. The Kier molecular flexibility index (Phi) is 3.35. The van der Waals surface area contributed by atoms with Crippen molar-refractivity contribution in [1.82, 2.24) is 0 Å². The molecule has 0 saturated heterocycles. The van der Waals surface area contributed by atoms with E-state index in [0.29, 0.717) is 0 Å². The highest BCUT2D eigenvalue weighted by Gasteiger charge is 2.14. The van der Waals surface area contributed by atoms with E-state index in [4.69, 9.17) is 4.74 Å². The first-order chi connectivity index (χ1) is 6.98. The molecule has 0 aliphatic carbocycles. The summed E-state index contributed by atoms with van der Waals surface area (Å²) in [4.78, 5) is 0. The Balaban J connectivity index is 3.17. The van der Waals surface area contributed by atoms with E-state index in [2.05, 4.69) is 13.2 Å². The zero-order valence-electron chi connectivity index (χ0n) is 9.71. The molecule has 80 valence electrons. The van der Waals surface area contributed by atoms with Gasteiger partial charge in [-0.2, -0.15) is 0 Å². The molecule has 0 unspecified atom stereocenters. The van der Waals surface area contributed by atoms with E-state index < -0.39 is 0 Å². The van der Waals surface area contributed by atoms with Crippen LogP contribution in [-0.2, 0) is 0 Å². The molecule has 0 amide bonds. The smallest absolute Gasteiger partial charge is 0.127 e. The maximum absolute atomic E-state index is 5.85. The van der Waals surface area contributed by atoms with Crippen LogP contribution >= 0.6 is 0 Å². The normalized spacial score (nSPS) is 10.9. The van der Waals surface area contributed by atoms with Gasteiger partial charge in [0, 0.05) is 5.56 Å². The van der Waals surface area contributed by atoms with Gasteiger partial charge < -0.3 is 4.74 Å². The van der Waals surface area contributed by atoms with Crippen molar-refractivity contribution in [2.45, 2.75) is 26.4 Å². The molecule has 0 aliphatic heterocycles. The highest BCUT2D eigenvalue weighted by atomic mass is 16.5. The fourth-order valence-electron chi connectivity index (χ4n) is 1.38. The summed E-state index contributed by atoms with van der Waals surface area (Å²) in [7, 11) is 0. The standard InChI is InChI=1S/C14H18O/c1-6-11-9-8-10-13(12(11)7-2)15-14(3,4)5/h6-10H,1-2H2,3-5H3. The monoisotopic (exact) mass is 202 g/mol. The quantitative estimate of drug-likeness (QED) is 0.715. The lowest BCUT2D eigenvalue weighted by Crippen LogP contribution is -2.23. The second-order valence-corrected chi connectivity index (χ2v) is 4.38. The summed E-state index contributed by atoms with van der Waals surface area (Å²) in [6.45, 7) is 13.7. The SMILES string of the molecule is C=Cc1cccc(OC(C)(C)C)c1C=C. The molecule has 1 heteroatoms. The van der Waals surface area contributed by atoms with E-state index in [9.17, 15) is 0 Å². The molecule has 0 spiro atoms. The van der Waals surface area contributed by atoms with Crippen LogP contribution in [-0.4, -0.2) is 5.60 Å². The minimum atomic E-state index is -0.197. The average Bonchev–Trinajstić information content (AvgIpc) is 2.15. The first-order valence-electron chi connectivity index (χ1n) is 5.05. The molecular formula is C14H18O. The Morgan fingerprint density at radius 3 is 2.27 bits per heavy atom. The Morgan fingerprint density at radius 1 is 1.13 bits per heavy atom. The van der Waals surface area contributed by atoms with Gasteiger partial charge in [-0.3, -0.25) is 0 Å². The van der Waals surface area contributed by atoms with E-state index >= 15 is 0 Å². The second kappa shape index (κ2) is 4.35. The predicted octanol–water partition coefficient (Wildman–Crippen LogP) is 4.15. The number of ether oxygens (including phenoxy) is 1. The van der Waals surface area contributed by atoms with Crippen molar-refractivity contribution in [2.24, 2.45) is 0 Å². The summed E-state index contributed by atoms with van der Waals surface area (Å²) in [5.74, 6) is 0.856. The summed E-state index contributed by atoms with van der Waals surface area (Å²) in [5.41, 5.74) is 1.85. The average molecular weight is 202 g/mol. The number of hydrogen-bond donors (Lipinski definition) is 0. The van der Waals surface area contributed by atoms with Gasteiger partial charge in [-0.15, -0.1) is 0 Å². The lowest BCUT2D eigenvalue weighted by Gasteiger charge is -2.23. The molecule has 0 aromatic heterocycles. The molecule has 0 bridgehead atoms. The molecule has 1 rings (SSSR count). The van der Waals surface area contributed by atoms with Crippen LogP contribution in [0.25, 0.3) is 12.2 Å². The van der Waals surface area contributed by atoms with Gasteiger partial charge in [0.25, 0.3) is 0 Å². The van der Waals surface area contributed by atoms with Crippen molar-refractivity contribution in [3.05, 3.63) is 42.5 Å². The lowest BCUT2D eigenvalue weighted by atomic mass is 10.1. The van der Waals surface area contributed by atoms with Crippen LogP contribution in [0.4, 0.5) is 0 Å². The maximum Gasteiger partial charge on any atom is 0.127 e. The first kappa shape index (κ1) is 11.6. The van der Waals surface area contributed by atoms with Crippen molar-refractivity contribution in [2.75, 3.05) is 0 Å². The van der Waals surface area contributed by atoms with Gasteiger partial charge in [-0.25, -0.2) is 0 Å². The maximum atomic E-state index is 5.85. The number of hydrogen-bond acceptors (Lipinski definition) is 1. The minimum absolute atomic E-state index is 0.197. The molecular weight excluding hydrogens is 184 g/mol. The molecule has 0 fully saturated rings. The molecule has 1 aromatic carbocycles. The highest BCUT2D eigenvalue weighted by Crippen LogP contribution is 2.27. The predicted molar refractivity (Wildman–Crippen MR) is 67.0 cm³/mol. The van der Waals surface area contributed by atoms with E-state index in [1.165, 1.54) is 0 Å². The molecule has 0 heterocycles. The van der Waals surface area contributed by atoms with Crippen LogP contribution in [0.5, 0.6) is 5.75 Å². The number of rotatable bonds is 3. The summed E-state index contributed by atoms with van der Waals surface area (Å²) < 4.78 is 5.85. The van der Waals surface area contributed by atoms with Gasteiger partial charge in [0.15, 0.2) is 0 Å². The van der Waals surface area contributed by atoms with Gasteiger partial charge >= 0.3 is 0 Å². The van der Waals surface area contributed by atoms with Crippen LogP contribution in [0.1, 0.15) is 31.9 Å². The summed E-state index contributed by atoms with van der Waals surface area (Å²) in [6.07, 6.45) is 3.62. The fourth-order valence-corrected chi connectivity index (χ4v) is 1.38. The minimum Gasteiger partial charge on any atom is -0.488 e. The van der Waals surface area contributed by atoms with Crippen LogP contribution in [0.15, 0.2) is 31.4 Å². The Morgan fingerprint density at radius 2 is 1.80 bits per heavy atom. The molecule has 0 atom stereocenters. The third-order valence-electron chi connectivity index (χ3n) is 1.94. The topological polar surface area (TPSA) is 9.23 Å². The van der Waals surface area contributed by atoms with Crippen molar-refractivity contribution < 1.29 is 4.74 Å². The van der Waals surface area contributed by atoms with E-state index in [1.54, 1.807) is 6.08 Å². The van der Waals surface area contributed by atoms with E-state index in [-0.39, 0.29) is 5.60 Å². The molecule has 0 radical (unpaired) electrons. The van der Waals surface area contributed by atoms with Crippen LogP contribution in [0.3, 0.4) is 0 Å². The van der Waals surface area contributed by atoms with E-state index in [1.807, 2.05) is 45.0 Å². The van der Waals surface area contributed by atoms with Gasteiger partial charge in [0.05, 0.1) is 0 Å².